The van der Waals surface area contributed by atoms with Gasteiger partial charge in [0.15, 0.2) is 5.69 Å². The lowest BCUT2D eigenvalue weighted by atomic mass is 9.87. The highest BCUT2D eigenvalue weighted by molar-refractivity contribution is 6.05. The van der Waals surface area contributed by atoms with E-state index in [0.717, 1.165) is 18.4 Å². The lowest BCUT2D eigenvalue weighted by Crippen LogP contribution is -2.52. The van der Waals surface area contributed by atoms with Crippen LogP contribution in [0, 0.1) is 0 Å². The van der Waals surface area contributed by atoms with Crippen molar-refractivity contribution in [3.05, 3.63) is 76.6 Å². The number of rotatable bonds is 3. The molecule has 1 unspecified atom stereocenters. The van der Waals surface area contributed by atoms with E-state index >= 15 is 0 Å². The zero-order valence-electron chi connectivity index (χ0n) is 20.0. The molecule has 1 saturated carbocycles. The summed E-state index contributed by atoms with van der Waals surface area (Å²) in [4.78, 5) is 53.5. The molecule has 186 valence electrons. The molecule has 0 radical (unpaired) electrons. The van der Waals surface area contributed by atoms with Crippen molar-refractivity contribution in [3.63, 3.8) is 0 Å². The molecule has 2 fully saturated rings. The van der Waals surface area contributed by atoms with Gasteiger partial charge in [0, 0.05) is 37.0 Å². The van der Waals surface area contributed by atoms with Crippen molar-refractivity contribution in [1.82, 2.24) is 30.1 Å². The Balaban J connectivity index is 1.11. The Morgan fingerprint density at radius 1 is 1.03 bits per heavy atom. The summed E-state index contributed by atoms with van der Waals surface area (Å²) in [7, 11) is 0. The number of aromatic nitrogens is 3. The number of nitrogens with zero attached hydrogens (tertiary/aromatic N) is 5. The first-order chi connectivity index (χ1) is 17.9. The molecule has 1 atom stereocenters. The Labute approximate surface area is 212 Å². The summed E-state index contributed by atoms with van der Waals surface area (Å²) in [5, 5.41) is 10.7. The smallest absolute Gasteiger partial charge is 0.276 e. The van der Waals surface area contributed by atoms with Crippen LogP contribution in [0.4, 0.5) is 0 Å². The third-order valence-electron chi connectivity index (χ3n) is 8.07. The summed E-state index contributed by atoms with van der Waals surface area (Å²) in [5.41, 5.74) is 4.85. The van der Waals surface area contributed by atoms with Crippen LogP contribution in [-0.2, 0) is 28.1 Å². The van der Waals surface area contributed by atoms with Crippen LogP contribution in [0.5, 0.6) is 0 Å². The van der Waals surface area contributed by atoms with E-state index in [1.54, 1.807) is 18.3 Å². The number of carbonyl (C=O) groups is 4. The predicted molar refractivity (Wildman–Crippen MR) is 129 cm³/mol. The van der Waals surface area contributed by atoms with Crippen molar-refractivity contribution >= 4 is 23.6 Å². The van der Waals surface area contributed by atoms with E-state index in [4.69, 9.17) is 0 Å². The van der Waals surface area contributed by atoms with Gasteiger partial charge in [-0.25, -0.2) is 4.68 Å². The molecule has 4 aliphatic rings. The van der Waals surface area contributed by atoms with E-state index < -0.39 is 11.9 Å². The van der Waals surface area contributed by atoms with E-state index in [2.05, 4.69) is 33.8 Å². The van der Waals surface area contributed by atoms with Crippen LogP contribution in [0.15, 0.2) is 48.7 Å². The van der Waals surface area contributed by atoms with E-state index in [1.807, 2.05) is 17.0 Å². The number of amides is 4. The van der Waals surface area contributed by atoms with Gasteiger partial charge in [-0.3, -0.25) is 24.5 Å². The van der Waals surface area contributed by atoms with Crippen molar-refractivity contribution in [2.45, 2.75) is 50.2 Å². The Bertz CT molecular complexity index is 1510. The predicted octanol–water partition coefficient (Wildman–Crippen LogP) is 1.72. The second-order valence-electron chi connectivity index (χ2n) is 10.4. The lowest BCUT2D eigenvalue weighted by Gasteiger charge is -2.34. The molecule has 1 aliphatic carbocycles. The second kappa shape index (κ2) is 7.83. The van der Waals surface area contributed by atoms with E-state index in [1.165, 1.54) is 20.7 Å². The van der Waals surface area contributed by atoms with Crippen molar-refractivity contribution in [3.8, 4) is 5.69 Å². The van der Waals surface area contributed by atoms with Gasteiger partial charge in [0.25, 0.3) is 11.8 Å². The van der Waals surface area contributed by atoms with E-state index in [-0.39, 0.29) is 41.8 Å². The average molecular weight is 497 g/mol. The molecule has 1 spiro atoms. The molecular weight excluding hydrogens is 472 g/mol. The molecule has 1 N–H and O–H groups in total. The quantitative estimate of drug-likeness (QED) is 0.552. The van der Waals surface area contributed by atoms with Crippen molar-refractivity contribution < 1.29 is 19.2 Å². The summed E-state index contributed by atoms with van der Waals surface area (Å²) < 4.78 is 1.54. The summed E-state index contributed by atoms with van der Waals surface area (Å²) >= 11 is 0. The minimum Gasteiger partial charge on any atom is -0.332 e. The van der Waals surface area contributed by atoms with Gasteiger partial charge in [-0.1, -0.05) is 29.5 Å². The van der Waals surface area contributed by atoms with Crippen LogP contribution >= 0.6 is 0 Å². The number of benzene rings is 2. The first-order valence-corrected chi connectivity index (χ1v) is 12.5. The van der Waals surface area contributed by atoms with Gasteiger partial charge in [0.1, 0.15) is 6.04 Å². The van der Waals surface area contributed by atoms with Crippen molar-refractivity contribution in [2.75, 3.05) is 6.54 Å². The van der Waals surface area contributed by atoms with Gasteiger partial charge in [0.05, 0.1) is 11.9 Å². The van der Waals surface area contributed by atoms with Gasteiger partial charge in [-0.15, -0.1) is 5.10 Å². The first kappa shape index (κ1) is 21.9. The summed E-state index contributed by atoms with van der Waals surface area (Å²) in [5.74, 6) is -1.13. The molecular formula is C27H24N6O4. The third-order valence-corrected chi connectivity index (χ3v) is 8.07. The van der Waals surface area contributed by atoms with Gasteiger partial charge in [0.2, 0.25) is 11.8 Å². The van der Waals surface area contributed by atoms with Crippen LogP contribution in [0.3, 0.4) is 0 Å². The molecule has 4 amide bonds. The molecule has 4 heterocycles. The van der Waals surface area contributed by atoms with Crippen LogP contribution in [-0.4, -0.2) is 61.0 Å². The Hall–Kier alpha value is -4.34. The van der Waals surface area contributed by atoms with E-state index in [9.17, 15) is 19.2 Å². The molecule has 2 aromatic carbocycles. The minimum atomic E-state index is -0.666. The first-order valence-electron chi connectivity index (χ1n) is 12.5. The van der Waals surface area contributed by atoms with E-state index in [0.29, 0.717) is 30.8 Å². The van der Waals surface area contributed by atoms with Crippen LogP contribution in [0.2, 0.25) is 0 Å². The number of carbonyl (C=O) groups excluding carboxylic acids is 4. The Morgan fingerprint density at radius 3 is 2.68 bits per heavy atom. The fourth-order valence-corrected chi connectivity index (χ4v) is 5.96. The maximum absolute atomic E-state index is 13.4. The van der Waals surface area contributed by atoms with Gasteiger partial charge in [-0.2, -0.15) is 0 Å². The fraction of sp³-hybridized carbons (Fsp3) is 0.333. The molecule has 3 aliphatic heterocycles. The number of hydrogen-bond acceptors (Lipinski definition) is 6. The largest absolute Gasteiger partial charge is 0.332 e. The zero-order valence-corrected chi connectivity index (χ0v) is 20.0. The summed E-state index contributed by atoms with van der Waals surface area (Å²) in [6.07, 6.45) is 4.32. The van der Waals surface area contributed by atoms with Crippen LogP contribution in [0.25, 0.3) is 5.69 Å². The van der Waals surface area contributed by atoms with Gasteiger partial charge >= 0.3 is 0 Å². The number of nitrogens with one attached hydrogen (secondary N) is 1. The zero-order chi connectivity index (χ0) is 25.3. The SMILES string of the molecule is O=C1CCC(N2Cc3cc(-n4cc(C(=O)N5Cc6ccccc6C6(CC6)C5)nn4)ccc3C2=O)C(=O)N1. The highest BCUT2D eigenvalue weighted by Gasteiger charge is 2.50. The molecule has 7 rings (SSSR count). The van der Waals surface area contributed by atoms with Crippen LogP contribution in [0.1, 0.15) is 63.2 Å². The molecule has 0 bridgehead atoms. The number of hydrogen-bond donors (Lipinski definition) is 1. The summed E-state index contributed by atoms with van der Waals surface area (Å²) in [6.45, 7) is 1.51. The molecule has 10 heteroatoms. The van der Waals surface area contributed by atoms with Crippen molar-refractivity contribution in [1.29, 1.82) is 0 Å². The van der Waals surface area contributed by atoms with Crippen molar-refractivity contribution in [2.24, 2.45) is 0 Å². The monoisotopic (exact) mass is 496 g/mol. The summed E-state index contributed by atoms with van der Waals surface area (Å²) in [6, 6.07) is 13.0. The van der Waals surface area contributed by atoms with Gasteiger partial charge < -0.3 is 9.80 Å². The molecule has 1 aromatic heterocycles. The molecule has 10 nitrogen and oxygen atoms in total. The number of fused-ring (bicyclic) bond motifs is 3. The fourth-order valence-electron chi connectivity index (χ4n) is 5.96. The normalized spacial score (nSPS) is 21.6. The average Bonchev–Trinajstić information content (AvgIpc) is 3.35. The minimum absolute atomic E-state index is 0.0709. The maximum atomic E-state index is 13.4. The maximum Gasteiger partial charge on any atom is 0.276 e. The molecule has 1 saturated heterocycles. The lowest BCUT2D eigenvalue weighted by molar-refractivity contribution is -0.136. The molecule has 3 aromatic rings. The topological polar surface area (TPSA) is 118 Å². The Morgan fingerprint density at radius 2 is 1.86 bits per heavy atom. The van der Waals surface area contributed by atoms with Crippen LogP contribution < -0.4 is 5.32 Å². The third kappa shape index (κ3) is 3.46. The number of imide groups is 1. The molecule has 37 heavy (non-hydrogen) atoms. The highest BCUT2D eigenvalue weighted by atomic mass is 16.2. The number of piperidine rings is 1. The highest BCUT2D eigenvalue weighted by Crippen LogP contribution is 2.52. The van der Waals surface area contributed by atoms with Gasteiger partial charge in [-0.05, 0) is 54.2 Å². The Kier molecular flexibility index (Phi) is 4.63. The second-order valence-corrected chi connectivity index (χ2v) is 10.4. The standard InChI is InChI=1S/C27H24N6O4/c34-23-8-7-22(24(35)28-23)32-13-17-11-18(5-6-19(17)25(32)36)33-14-21(29-30-33)26(37)31-12-16-3-1-2-4-20(16)27(15-31)9-10-27/h1-6,11,14,22H,7-10,12-13,15H2,(H,28,34,35).